The summed E-state index contributed by atoms with van der Waals surface area (Å²) in [5.41, 5.74) is 0. The minimum atomic E-state index is -3.54. The average molecular weight is 280 g/mol. The monoisotopic (exact) mass is 280 g/mol. The molecule has 1 aliphatic heterocycles. The summed E-state index contributed by atoms with van der Waals surface area (Å²) in [6.07, 6.45) is -0.760. The first kappa shape index (κ1) is 15.4. The van der Waals surface area contributed by atoms with Gasteiger partial charge in [-0.05, 0) is 13.8 Å². The van der Waals surface area contributed by atoms with Crippen LogP contribution in [0.25, 0.3) is 0 Å². The summed E-state index contributed by atoms with van der Waals surface area (Å²) >= 11 is 0. The number of carboxylic acids is 1. The van der Waals surface area contributed by atoms with Gasteiger partial charge in [-0.2, -0.15) is 17.0 Å². The van der Waals surface area contributed by atoms with E-state index in [9.17, 15) is 13.2 Å². The van der Waals surface area contributed by atoms with E-state index >= 15 is 0 Å². The lowest BCUT2D eigenvalue weighted by atomic mass is 10.2. The van der Waals surface area contributed by atoms with Crippen LogP contribution in [0.2, 0.25) is 0 Å². The molecule has 0 aliphatic carbocycles. The number of rotatable bonds is 5. The smallest absolute Gasteiger partial charge is 0.306 e. The van der Waals surface area contributed by atoms with Gasteiger partial charge in [0.25, 0.3) is 10.2 Å². The highest BCUT2D eigenvalue weighted by atomic mass is 32.2. The van der Waals surface area contributed by atoms with Gasteiger partial charge in [-0.1, -0.05) is 0 Å². The fourth-order valence-electron chi connectivity index (χ4n) is 1.67. The van der Waals surface area contributed by atoms with Crippen molar-refractivity contribution in [2.75, 3.05) is 26.7 Å². The molecular formula is C10H20N2O5S. The van der Waals surface area contributed by atoms with Crippen molar-refractivity contribution < 1.29 is 23.1 Å². The third kappa shape index (κ3) is 3.64. The maximum Gasteiger partial charge on any atom is 0.306 e. The number of nitrogens with zero attached hydrogens (tertiary/aromatic N) is 2. The van der Waals surface area contributed by atoms with Gasteiger partial charge in [-0.25, -0.2) is 0 Å². The van der Waals surface area contributed by atoms with Crippen molar-refractivity contribution in [3.63, 3.8) is 0 Å². The topological polar surface area (TPSA) is 87.2 Å². The third-order valence-electron chi connectivity index (χ3n) is 2.92. The molecule has 0 aromatic rings. The number of carboxylic acid groups (broad SMARTS) is 1. The third-order valence-corrected chi connectivity index (χ3v) is 5.05. The van der Waals surface area contributed by atoms with Gasteiger partial charge in [0.05, 0.1) is 19.1 Å². The molecule has 1 fully saturated rings. The van der Waals surface area contributed by atoms with Gasteiger partial charge in [-0.3, -0.25) is 4.79 Å². The van der Waals surface area contributed by atoms with Crippen LogP contribution in [0.5, 0.6) is 0 Å². The molecule has 1 atom stereocenters. The van der Waals surface area contributed by atoms with Gasteiger partial charge in [0.15, 0.2) is 0 Å². The molecule has 0 bridgehead atoms. The van der Waals surface area contributed by atoms with Crippen molar-refractivity contribution in [1.82, 2.24) is 8.61 Å². The van der Waals surface area contributed by atoms with Crippen LogP contribution in [0.15, 0.2) is 0 Å². The molecule has 8 heteroatoms. The molecule has 0 aromatic heterocycles. The first-order chi connectivity index (χ1) is 8.25. The van der Waals surface area contributed by atoms with Crippen LogP contribution in [0, 0.1) is 0 Å². The highest BCUT2D eigenvalue weighted by molar-refractivity contribution is 7.86. The molecule has 0 spiro atoms. The summed E-state index contributed by atoms with van der Waals surface area (Å²) in [6.45, 7) is 4.14. The van der Waals surface area contributed by atoms with Crippen LogP contribution in [0.3, 0.4) is 0 Å². The second-order valence-electron chi connectivity index (χ2n) is 4.57. The first-order valence-corrected chi connectivity index (χ1v) is 7.21. The van der Waals surface area contributed by atoms with E-state index in [0.717, 1.165) is 0 Å². The number of morpholine rings is 1. The SMILES string of the molecule is CC(C)N(C)S(=O)(=O)N1CCOC(CC(=O)O)C1. The van der Waals surface area contributed by atoms with E-state index in [0.29, 0.717) is 0 Å². The second kappa shape index (κ2) is 5.96. The number of hydrogen-bond acceptors (Lipinski definition) is 4. The Hall–Kier alpha value is -0.700. The lowest BCUT2D eigenvalue weighted by Crippen LogP contribution is -2.52. The highest BCUT2D eigenvalue weighted by Crippen LogP contribution is 2.16. The Morgan fingerprint density at radius 2 is 2.17 bits per heavy atom. The molecule has 1 aliphatic rings. The van der Waals surface area contributed by atoms with E-state index in [1.165, 1.54) is 15.7 Å². The molecule has 1 unspecified atom stereocenters. The van der Waals surface area contributed by atoms with Gasteiger partial charge in [-0.15, -0.1) is 0 Å². The lowest BCUT2D eigenvalue weighted by Gasteiger charge is -2.35. The number of carbonyl (C=O) groups is 1. The minimum absolute atomic E-state index is 0.0890. The van der Waals surface area contributed by atoms with E-state index < -0.39 is 22.3 Å². The van der Waals surface area contributed by atoms with Crippen molar-refractivity contribution in [3.05, 3.63) is 0 Å². The first-order valence-electron chi connectivity index (χ1n) is 5.81. The molecule has 1 rings (SSSR count). The molecule has 1 heterocycles. The van der Waals surface area contributed by atoms with Gasteiger partial charge < -0.3 is 9.84 Å². The van der Waals surface area contributed by atoms with Crippen molar-refractivity contribution in [2.45, 2.75) is 32.4 Å². The predicted molar refractivity (Wildman–Crippen MR) is 65.4 cm³/mol. The molecule has 1 N–H and O–H groups in total. The lowest BCUT2D eigenvalue weighted by molar-refractivity contribution is -0.141. The molecule has 0 aromatic carbocycles. The standard InChI is InChI=1S/C10H20N2O5S/c1-8(2)11(3)18(15,16)12-4-5-17-9(7-12)6-10(13)14/h8-9H,4-7H2,1-3H3,(H,13,14). The van der Waals surface area contributed by atoms with Crippen LogP contribution in [0.4, 0.5) is 0 Å². The quantitative estimate of drug-likeness (QED) is 0.750. The van der Waals surface area contributed by atoms with E-state index in [2.05, 4.69) is 0 Å². The Morgan fingerprint density at radius 3 is 2.67 bits per heavy atom. The van der Waals surface area contributed by atoms with Crippen molar-refractivity contribution in [1.29, 1.82) is 0 Å². The zero-order valence-corrected chi connectivity index (χ0v) is 11.7. The fraction of sp³-hybridized carbons (Fsp3) is 0.900. The molecule has 0 radical (unpaired) electrons. The number of aliphatic carboxylic acids is 1. The predicted octanol–water partition coefficient (Wildman–Crippen LogP) is -0.253. The van der Waals surface area contributed by atoms with Gasteiger partial charge in [0.2, 0.25) is 0 Å². The largest absolute Gasteiger partial charge is 0.481 e. The summed E-state index contributed by atoms with van der Waals surface area (Å²) < 4.78 is 32.2. The highest BCUT2D eigenvalue weighted by Gasteiger charge is 2.34. The normalized spacial score (nSPS) is 22.6. The Morgan fingerprint density at radius 1 is 1.56 bits per heavy atom. The van der Waals surface area contributed by atoms with Crippen LogP contribution < -0.4 is 0 Å². The molecule has 18 heavy (non-hydrogen) atoms. The Bertz CT molecular complexity index is 395. The Kier molecular flexibility index (Phi) is 5.09. The maximum absolute atomic E-state index is 12.2. The van der Waals surface area contributed by atoms with Gasteiger partial charge in [0.1, 0.15) is 0 Å². The van der Waals surface area contributed by atoms with Crippen molar-refractivity contribution >= 4 is 16.2 Å². The zero-order valence-electron chi connectivity index (χ0n) is 10.9. The maximum atomic E-state index is 12.2. The van der Waals surface area contributed by atoms with E-state index in [1.807, 2.05) is 0 Å². The molecule has 7 nitrogen and oxygen atoms in total. The zero-order chi connectivity index (χ0) is 13.9. The van der Waals surface area contributed by atoms with Gasteiger partial charge >= 0.3 is 5.97 Å². The van der Waals surface area contributed by atoms with Crippen LogP contribution in [-0.2, 0) is 19.7 Å². The number of ether oxygens (including phenoxy) is 1. The second-order valence-corrected chi connectivity index (χ2v) is 6.55. The molecule has 1 saturated heterocycles. The molecule has 106 valence electrons. The van der Waals surface area contributed by atoms with Crippen LogP contribution in [0.1, 0.15) is 20.3 Å². The molecular weight excluding hydrogens is 260 g/mol. The molecule has 0 saturated carbocycles. The van der Waals surface area contributed by atoms with Gasteiger partial charge in [0, 0.05) is 26.2 Å². The molecule has 0 amide bonds. The summed E-state index contributed by atoms with van der Waals surface area (Å²) in [7, 11) is -2.02. The minimum Gasteiger partial charge on any atom is -0.481 e. The van der Waals surface area contributed by atoms with Crippen molar-refractivity contribution in [2.24, 2.45) is 0 Å². The Labute approximate surface area is 108 Å². The summed E-state index contributed by atoms with van der Waals surface area (Å²) in [4.78, 5) is 10.6. The summed E-state index contributed by atoms with van der Waals surface area (Å²) in [5.74, 6) is -0.989. The fourth-order valence-corrected chi connectivity index (χ4v) is 3.23. The Balaban J connectivity index is 2.74. The number of hydrogen-bond donors (Lipinski definition) is 1. The average Bonchev–Trinajstić information content (AvgIpc) is 2.27. The van der Waals surface area contributed by atoms with Crippen molar-refractivity contribution in [3.8, 4) is 0 Å². The summed E-state index contributed by atoms with van der Waals surface area (Å²) in [5, 5.41) is 8.69. The van der Waals surface area contributed by atoms with Crippen LogP contribution >= 0.6 is 0 Å². The van der Waals surface area contributed by atoms with E-state index in [4.69, 9.17) is 9.84 Å². The van der Waals surface area contributed by atoms with E-state index in [1.54, 1.807) is 13.8 Å². The van der Waals surface area contributed by atoms with E-state index in [-0.39, 0.29) is 32.2 Å². The summed E-state index contributed by atoms with van der Waals surface area (Å²) in [6, 6.07) is -0.143. The van der Waals surface area contributed by atoms with Crippen LogP contribution in [-0.4, -0.2) is 67.0 Å².